The smallest absolute Gasteiger partial charge is 0.383 e. The highest BCUT2D eigenvalue weighted by atomic mass is 32.1. The molecule has 0 spiro atoms. The fourth-order valence-corrected chi connectivity index (χ4v) is 4.75. The molecular formula is C27H33N7O2S2+2. The van der Waals surface area contributed by atoms with Gasteiger partial charge in [-0.05, 0) is 87.7 Å². The topological polar surface area (TPSA) is 87.7 Å². The minimum absolute atomic E-state index is 0.586. The maximum atomic E-state index is 5.71. The van der Waals surface area contributed by atoms with Crippen molar-refractivity contribution in [2.24, 2.45) is 34.6 Å². The van der Waals surface area contributed by atoms with Crippen LogP contribution in [0, 0.1) is 0 Å². The lowest BCUT2D eigenvalue weighted by atomic mass is 10.1. The van der Waals surface area contributed by atoms with E-state index in [1.54, 1.807) is 22.7 Å². The highest BCUT2D eigenvalue weighted by Crippen LogP contribution is 2.21. The minimum Gasteiger partial charge on any atom is -0.383 e. The first-order valence-corrected chi connectivity index (χ1v) is 14.2. The van der Waals surface area contributed by atoms with Crippen LogP contribution in [0.5, 0.6) is 0 Å². The Hall–Kier alpha value is -3.38. The van der Waals surface area contributed by atoms with E-state index < -0.39 is 0 Å². The molecule has 0 amide bonds. The van der Waals surface area contributed by atoms with E-state index in [0.717, 1.165) is 46.7 Å². The lowest BCUT2D eigenvalue weighted by molar-refractivity contribution is -0.654. The molecule has 0 radical (unpaired) electrons. The van der Waals surface area contributed by atoms with Gasteiger partial charge in [0.2, 0.25) is 0 Å². The Bertz CT molecular complexity index is 1200. The Balaban J connectivity index is 1.01. The first-order chi connectivity index (χ1) is 18.7. The summed E-state index contributed by atoms with van der Waals surface area (Å²) in [5.41, 5.74) is 3.97. The van der Waals surface area contributed by atoms with Crippen molar-refractivity contribution in [1.29, 1.82) is 0 Å². The molecule has 2 aromatic carbocycles. The Morgan fingerprint density at radius 2 is 1.24 bits per heavy atom. The summed E-state index contributed by atoms with van der Waals surface area (Å²) < 4.78 is 15.3. The Kier molecular flexibility index (Phi) is 11.0. The third-order valence-electron chi connectivity index (χ3n) is 5.53. The second-order valence-electron chi connectivity index (χ2n) is 8.46. The molecule has 0 saturated heterocycles. The minimum atomic E-state index is 0.586. The van der Waals surface area contributed by atoms with Crippen LogP contribution in [-0.4, -0.2) is 33.0 Å². The molecule has 0 aliphatic rings. The van der Waals surface area contributed by atoms with Crippen LogP contribution in [0.4, 0.5) is 27.3 Å². The summed E-state index contributed by atoms with van der Waals surface area (Å²) in [4.78, 5) is 0. The van der Waals surface area contributed by atoms with Crippen molar-refractivity contribution in [3.63, 3.8) is 0 Å². The molecule has 4 aromatic rings. The molecule has 198 valence electrons. The molecule has 0 aliphatic heterocycles. The maximum absolute atomic E-state index is 5.71. The van der Waals surface area contributed by atoms with Gasteiger partial charge < -0.3 is 14.8 Å². The van der Waals surface area contributed by atoms with Gasteiger partial charge in [-0.25, -0.2) is 9.13 Å². The Morgan fingerprint density at radius 1 is 0.684 bits per heavy atom. The van der Waals surface area contributed by atoms with Crippen LogP contribution in [0.25, 0.3) is 0 Å². The summed E-state index contributed by atoms with van der Waals surface area (Å²) in [7, 11) is 3.92. The Labute approximate surface area is 231 Å². The lowest BCUT2D eigenvalue weighted by Crippen LogP contribution is -2.23. The number of nitrogens with one attached hydrogen (secondary N) is 1. The predicted molar refractivity (Wildman–Crippen MR) is 151 cm³/mol. The van der Waals surface area contributed by atoms with Crippen molar-refractivity contribution in [2.45, 2.75) is 12.8 Å². The molecule has 4 rings (SSSR count). The zero-order chi connectivity index (χ0) is 26.4. The van der Waals surface area contributed by atoms with Gasteiger partial charge in [-0.15, -0.1) is 0 Å². The van der Waals surface area contributed by atoms with Gasteiger partial charge in [-0.3, -0.25) is 0 Å². The highest BCUT2D eigenvalue weighted by Gasteiger charge is 2.08. The number of azo groups is 2. The number of benzene rings is 2. The van der Waals surface area contributed by atoms with E-state index in [2.05, 4.69) is 37.9 Å². The van der Waals surface area contributed by atoms with Crippen LogP contribution in [0.1, 0.15) is 12.0 Å². The quantitative estimate of drug-likeness (QED) is 0.106. The lowest BCUT2D eigenvalue weighted by Gasteiger charge is -2.08. The second kappa shape index (κ2) is 15.1. The van der Waals surface area contributed by atoms with E-state index >= 15 is 0 Å². The van der Waals surface area contributed by atoms with Gasteiger partial charge in [-0.2, -0.15) is 0 Å². The second-order valence-corrected chi connectivity index (χ2v) is 10.2. The summed E-state index contributed by atoms with van der Waals surface area (Å²) in [6.07, 6.45) is 5.87. The zero-order valence-corrected chi connectivity index (χ0v) is 23.3. The number of thiazole rings is 2. The van der Waals surface area contributed by atoms with E-state index in [0.29, 0.717) is 26.4 Å². The van der Waals surface area contributed by atoms with Gasteiger partial charge in [0.1, 0.15) is 23.8 Å². The molecule has 9 nitrogen and oxygen atoms in total. The van der Waals surface area contributed by atoms with Crippen molar-refractivity contribution in [1.82, 2.24) is 0 Å². The van der Waals surface area contributed by atoms with E-state index in [1.807, 2.05) is 82.8 Å². The molecule has 38 heavy (non-hydrogen) atoms. The van der Waals surface area contributed by atoms with Crippen LogP contribution in [-0.2, 0) is 30.0 Å². The average Bonchev–Trinajstić information content (AvgIpc) is 3.55. The number of anilines is 1. The third-order valence-corrected chi connectivity index (χ3v) is 7.20. The molecule has 0 unspecified atom stereocenters. The molecule has 0 atom stereocenters. The number of rotatable bonds is 15. The number of hydrogen-bond donors (Lipinski definition) is 1. The van der Waals surface area contributed by atoms with Gasteiger partial charge in [0.15, 0.2) is 0 Å². The predicted octanol–water partition coefficient (Wildman–Crippen LogP) is 6.37. The molecule has 2 aromatic heterocycles. The molecule has 11 heteroatoms. The monoisotopic (exact) mass is 551 g/mol. The summed E-state index contributed by atoms with van der Waals surface area (Å²) in [6, 6.07) is 16.1. The van der Waals surface area contributed by atoms with Crippen molar-refractivity contribution in [3.05, 3.63) is 77.2 Å². The van der Waals surface area contributed by atoms with Crippen LogP contribution in [0.15, 0.2) is 92.1 Å². The van der Waals surface area contributed by atoms with Gasteiger partial charge in [-0.1, -0.05) is 12.1 Å². The number of hydrogen-bond acceptors (Lipinski definition) is 9. The SMILES string of the molecule is C[n+]1ccsc1N=Nc1ccc(CCCOCCOCCNc2ccc(N=Nc3scc[n+]3C)cc2)cc1. The summed E-state index contributed by atoms with van der Waals surface area (Å²) in [5.74, 6) is 0. The molecule has 0 saturated carbocycles. The average molecular weight is 552 g/mol. The first kappa shape index (κ1) is 27.6. The maximum Gasteiger partial charge on any atom is 0.408 e. The highest BCUT2D eigenvalue weighted by molar-refractivity contribution is 7.13. The van der Waals surface area contributed by atoms with Crippen molar-refractivity contribution >= 4 is 50.0 Å². The fraction of sp³-hybridized carbons (Fsp3) is 0.333. The van der Waals surface area contributed by atoms with E-state index in [-0.39, 0.29) is 0 Å². The number of nitrogens with zero attached hydrogens (tertiary/aromatic N) is 6. The van der Waals surface area contributed by atoms with E-state index in [4.69, 9.17) is 9.47 Å². The van der Waals surface area contributed by atoms with Gasteiger partial charge in [0.05, 0.1) is 44.1 Å². The standard InChI is InChI=1S/C27H32N7O2S2/c1-33-14-20-37-26(33)31-29-24-7-5-22(6-8-24)4-3-16-35-18-19-36-17-13-28-23-9-11-25(12-10-23)30-32-27-34(2)15-21-38-27/h5-12,14-15,20-21H,3-4,13,16-19H2,1-2H3/q+1/p+1. The molecule has 1 N–H and O–H groups in total. The van der Waals surface area contributed by atoms with Crippen LogP contribution < -0.4 is 14.5 Å². The van der Waals surface area contributed by atoms with Crippen molar-refractivity contribution < 1.29 is 18.6 Å². The molecule has 0 fully saturated rings. The number of aromatic nitrogens is 2. The molecular weight excluding hydrogens is 518 g/mol. The zero-order valence-electron chi connectivity index (χ0n) is 21.7. The largest absolute Gasteiger partial charge is 0.408 e. The summed E-state index contributed by atoms with van der Waals surface area (Å²) >= 11 is 3.12. The fourth-order valence-electron chi connectivity index (χ4n) is 3.39. The van der Waals surface area contributed by atoms with Crippen LogP contribution in [0.2, 0.25) is 0 Å². The van der Waals surface area contributed by atoms with Crippen molar-refractivity contribution in [3.8, 4) is 0 Å². The molecule has 0 bridgehead atoms. The summed E-state index contributed by atoms with van der Waals surface area (Å²) in [5, 5.41) is 26.2. The molecule has 0 aliphatic carbocycles. The van der Waals surface area contributed by atoms with Crippen LogP contribution >= 0.6 is 22.7 Å². The Morgan fingerprint density at radius 3 is 1.79 bits per heavy atom. The third kappa shape index (κ3) is 9.18. The number of ether oxygens (including phenoxy) is 2. The van der Waals surface area contributed by atoms with Gasteiger partial charge >= 0.3 is 10.3 Å². The van der Waals surface area contributed by atoms with E-state index in [1.165, 1.54) is 5.56 Å². The van der Waals surface area contributed by atoms with Crippen LogP contribution in [0.3, 0.4) is 0 Å². The summed E-state index contributed by atoms with van der Waals surface area (Å²) in [6.45, 7) is 3.25. The van der Waals surface area contributed by atoms with Gasteiger partial charge in [0, 0.05) is 29.6 Å². The van der Waals surface area contributed by atoms with Crippen molar-refractivity contribution in [2.75, 3.05) is 38.3 Å². The first-order valence-electron chi connectivity index (χ1n) is 12.5. The normalized spacial score (nSPS) is 11.6. The van der Waals surface area contributed by atoms with Gasteiger partial charge in [0.25, 0.3) is 0 Å². The number of aryl methyl sites for hydroxylation is 3. The molecule has 2 heterocycles. The van der Waals surface area contributed by atoms with E-state index in [9.17, 15) is 0 Å².